The number of amides is 4. The van der Waals surface area contributed by atoms with Crippen LogP contribution in [-0.4, -0.2) is 36.0 Å². The maximum absolute atomic E-state index is 13.1. The summed E-state index contributed by atoms with van der Waals surface area (Å²) in [6.07, 6.45) is 1.32. The van der Waals surface area contributed by atoms with Gasteiger partial charge in [-0.25, -0.2) is 14.5 Å². The van der Waals surface area contributed by atoms with Crippen molar-refractivity contribution in [3.05, 3.63) is 93.0 Å². The van der Waals surface area contributed by atoms with E-state index in [2.05, 4.69) is 5.32 Å². The van der Waals surface area contributed by atoms with E-state index in [0.29, 0.717) is 22.1 Å². The molecule has 0 radical (unpaired) electrons. The van der Waals surface area contributed by atoms with Crippen LogP contribution in [-0.2, 0) is 16.2 Å². The van der Waals surface area contributed by atoms with Crippen LogP contribution in [0.3, 0.4) is 0 Å². The van der Waals surface area contributed by atoms with Crippen LogP contribution in [0.4, 0.5) is 10.5 Å². The number of hydrogen-bond acceptors (Lipinski definition) is 6. The number of anilines is 1. The zero-order valence-electron chi connectivity index (χ0n) is 19.2. The third-order valence-electron chi connectivity index (χ3n) is 5.35. The Morgan fingerprint density at radius 2 is 1.73 bits per heavy atom. The summed E-state index contributed by atoms with van der Waals surface area (Å²) < 4.78 is 11.2. The van der Waals surface area contributed by atoms with Gasteiger partial charge in [0.2, 0.25) is 0 Å². The summed E-state index contributed by atoms with van der Waals surface area (Å²) in [5, 5.41) is 11.5. The molecule has 11 heteroatoms. The topological polar surface area (TPSA) is 122 Å². The number of carboxylic acid groups (broad SMARTS) is 1. The summed E-state index contributed by atoms with van der Waals surface area (Å²) in [4.78, 5) is 49.8. The SMILES string of the molecule is COc1cc(/C=C2\C(=O)NC(=O)N(c3ccc(Cl)cc3Cl)C2=O)ccc1OCc1ccc(C(=O)O)cc1. The smallest absolute Gasteiger partial charge is 0.335 e. The van der Waals surface area contributed by atoms with Crippen molar-refractivity contribution in [2.45, 2.75) is 6.61 Å². The van der Waals surface area contributed by atoms with Gasteiger partial charge >= 0.3 is 12.0 Å². The number of halogens is 2. The lowest BCUT2D eigenvalue weighted by Gasteiger charge is -2.27. The van der Waals surface area contributed by atoms with Crippen LogP contribution < -0.4 is 19.7 Å². The Bertz CT molecular complexity index is 1450. The van der Waals surface area contributed by atoms with Gasteiger partial charge in [0.15, 0.2) is 11.5 Å². The Kier molecular flexibility index (Phi) is 7.47. The number of carbonyl (C=O) groups excluding carboxylic acids is 3. The van der Waals surface area contributed by atoms with E-state index < -0.39 is 23.8 Å². The van der Waals surface area contributed by atoms with Crippen molar-refractivity contribution in [3.63, 3.8) is 0 Å². The van der Waals surface area contributed by atoms with Crippen LogP contribution in [0.2, 0.25) is 10.0 Å². The molecule has 1 heterocycles. The largest absolute Gasteiger partial charge is 0.493 e. The lowest BCUT2D eigenvalue weighted by molar-refractivity contribution is -0.122. The number of nitrogens with zero attached hydrogens (tertiary/aromatic N) is 1. The van der Waals surface area contributed by atoms with Gasteiger partial charge in [-0.1, -0.05) is 41.4 Å². The number of carboxylic acids is 1. The molecule has 0 aromatic heterocycles. The number of methoxy groups -OCH3 is 1. The number of carbonyl (C=O) groups is 4. The first-order valence-electron chi connectivity index (χ1n) is 10.7. The molecular formula is C26H18Cl2N2O7. The number of barbiturate groups is 1. The van der Waals surface area contributed by atoms with E-state index in [1.54, 1.807) is 30.3 Å². The third-order valence-corrected chi connectivity index (χ3v) is 5.88. The quantitative estimate of drug-likeness (QED) is 0.321. The Hall–Kier alpha value is -4.34. The molecule has 0 spiro atoms. The van der Waals surface area contributed by atoms with Crippen molar-refractivity contribution in [1.82, 2.24) is 5.32 Å². The van der Waals surface area contributed by atoms with E-state index in [9.17, 15) is 19.2 Å². The molecule has 3 aromatic rings. The zero-order chi connectivity index (χ0) is 26.7. The predicted molar refractivity (Wildman–Crippen MR) is 136 cm³/mol. The minimum Gasteiger partial charge on any atom is -0.493 e. The van der Waals surface area contributed by atoms with Crippen molar-refractivity contribution in [1.29, 1.82) is 0 Å². The minimum absolute atomic E-state index is 0.0606. The van der Waals surface area contributed by atoms with Crippen molar-refractivity contribution in [2.75, 3.05) is 12.0 Å². The Labute approximate surface area is 220 Å². The first kappa shape index (κ1) is 25.7. The van der Waals surface area contributed by atoms with E-state index in [4.69, 9.17) is 37.8 Å². The van der Waals surface area contributed by atoms with Gasteiger partial charge in [0, 0.05) is 5.02 Å². The number of nitrogens with one attached hydrogen (secondary N) is 1. The van der Waals surface area contributed by atoms with Crippen molar-refractivity contribution in [2.24, 2.45) is 0 Å². The van der Waals surface area contributed by atoms with Crippen LogP contribution in [0.15, 0.2) is 66.2 Å². The first-order valence-corrected chi connectivity index (χ1v) is 11.4. The third kappa shape index (κ3) is 5.58. The van der Waals surface area contributed by atoms with Gasteiger partial charge in [-0.05, 0) is 59.7 Å². The molecule has 1 fully saturated rings. The molecule has 37 heavy (non-hydrogen) atoms. The number of imide groups is 2. The van der Waals surface area contributed by atoms with E-state index in [1.165, 1.54) is 43.5 Å². The molecule has 9 nitrogen and oxygen atoms in total. The lowest BCUT2D eigenvalue weighted by Crippen LogP contribution is -2.54. The molecule has 0 unspecified atom stereocenters. The molecule has 1 aliphatic heterocycles. The fraction of sp³-hybridized carbons (Fsp3) is 0.0769. The molecule has 0 saturated carbocycles. The number of aromatic carboxylic acids is 1. The first-order chi connectivity index (χ1) is 17.7. The Balaban J connectivity index is 1.57. The number of benzene rings is 3. The van der Waals surface area contributed by atoms with Crippen molar-refractivity contribution < 1.29 is 33.8 Å². The van der Waals surface area contributed by atoms with Gasteiger partial charge in [-0.15, -0.1) is 0 Å². The lowest BCUT2D eigenvalue weighted by atomic mass is 10.1. The number of rotatable bonds is 7. The highest BCUT2D eigenvalue weighted by Gasteiger charge is 2.37. The Morgan fingerprint density at radius 1 is 1.00 bits per heavy atom. The predicted octanol–water partition coefficient (Wildman–Crippen LogP) is 4.95. The maximum Gasteiger partial charge on any atom is 0.335 e. The summed E-state index contributed by atoms with van der Waals surface area (Å²) >= 11 is 12.1. The van der Waals surface area contributed by atoms with Gasteiger partial charge in [0.05, 0.1) is 23.4 Å². The summed E-state index contributed by atoms with van der Waals surface area (Å²) in [5.74, 6) is -2.03. The maximum atomic E-state index is 13.1. The van der Waals surface area contributed by atoms with Crippen molar-refractivity contribution >= 4 is 58.8 Å². The number of hydrogen-bond donors (Lipinski definition) is 2. The average Bonchev–Trinajstić information content (AvgIpc) is 2.87. The van der Waals surface area contributed by atoms with Crippen LogP contribution in [0.1, 0.15) is 21.5 Å². The highest BCUT2D eigenvalue weighted by Crippen LogP contribution is 2.33. The molecule has 1 saturated heterocycles. The molecule has 0 bridgehead atoms. The highest BCUT2D eigenvalue weighted by molar-refractivity contribution is 6.42. The molecule has 4 amide bonds. The molecule has 4 rings (SSSR count). The van der Waals surface area contributed by atoms with E-state index in [1.807, 2.05) is 0 Å². The van der Waals surface area contributed by atoms with E-state index >= 15 is 0 Å². The van der Waals surface area contributed by atoms with Crippen LogP contribution in [0.5, 0.6) is 11.5 Å². The molecule has 0 aliphatic carbocycles. The minimum atomic E-state index is -1.02. The average molecular weight is 541 g/mol. The molecule has 2 N–H and O–H groups in total. The van der Waals surface area contributed by atoms with Crippen LogP contribution in [0, 0.1) is 0 Å². The summed E-state index contributed by atoms with van der Waals surface area (Å²) in [5.41, 5.74) is 1.13. The molecule has 0 atom stereocenters. The van der Waals surface area contributed by atoms with Gasteiger partial charge < -0.3 is 14.6 Å². The molecule has 1 aliphatic rings. The van der Waals surface area contributed by atoms with Gasteiger partial charge in [0.25, 0.3) is 11.8 Å². The number of ether oxygens (including phenoxy) is 2. The normalized spacial score (nSPS) is 14.5. The van der Waals surface area contributed by atoms with Crippen molar-refractivity contribution in [3.8, 4) is 11.5 Å². The van der Waals surface area contributed by atoms with Crippen LogP contribution in [0.25, 0.3) is 6.08 Å². The summed E-state index contributed by atoms with van der Waals surface area (Å²) in [7, 11) is 1.43. The highest BCUT2D eigenvalue weighted by atomic mass is 35.5. The molecular weight excluding hydrogens is 523 g/mol. The van der Waals surface area contributed by atoms with E-state index in [0.717, 1.165) is 10.5 Å². The fourth-order valence-electron chi connectivity index (χ4n) is 3.50. The second kappa shape index (κ2) is 10.7. The second-order valence-corrected chi connectivity index (χ2v) is 8.60. The summed E-state index contributed by atoms with van der Waals surface area (Å²) in [6.45, 7) is 0.149. The zero-order valence-corrected chi connectivity index (χ0v) is 20.7. The second-order valence-electron chi connectivity index (χ2n) is 7.75. The molecule has 3 aromatic carbocycles. The summed E-state index contributed by atoms with van der Waals surface area (Å²) in [6, 6.07) is 14.3. The fourth-order valence-corrected chi connectivity index (χ4v) is 4.00. The molecule has 188 valence electrons. The van der Waals surface area contributed by atoms with Gasteiger partial charge in [-0.3, -0.25) is 14.9 Å². The van der Waals surface area contributed by atoms with Gasteiger partial charge in [-0.2, -0.15) is 0 Å². The number of urea groups is 1. The van der Waals surface area contributed by atoms with E-state index in [-0.39, 0.29) is 28.5 Å². The monoisotopic (exact) mass is 540 g/mol. The van der Waals surface area contributed by atoms with Crippen LogP contribution >= 0.6 is 23.2 Å². The standard InChI is InChI=1S/C26H18Cl2N2O7/c1-36-22-11-15(4-9-21(22)37-13-14-2-5-16(6-3-14)25(33)34)10-18-23(31)29-26(35)30(24(18)32)20-8-7-17(27)12-19(20)28/h2-12H,13H2,1H3,(H,33,34)(H,29,31,35)/b18-10+. The Morgan fingerprint density at radius 3 is 2.38 bits per heavy atom. The van der Waals surface area contributed by atoms with Gasteiger partial charge in [0.1, 0.15) is 12.2 Å².